The average molecular weight is 487 g/mol. The van der Waals surface area contributed by atoms with E-state index in [1.165, 1.54) is 12.3 Å². The zero-order chi connectivity index (χ0) is 28.2. The van der Waals surface area contributed by atoms with Crippen LogP contribution in [0.5, 0.6) is 0 Å². The maximum atomic E-state index is 14.7. The smallest absolute Gasteiger partial charge is 0.213 e. The maximum absolute atomic E-state index is 14.7. The van der Waals surface area contributed by atoms with Gasteiger partial charge >= 0.3 is 0 Å². The first kappa shape index (κ1) is 19.4. The Labute approximate surface area is 218 Å². The Morgan fingerprint density at radius 3 is 2.32 bits per heavy atom. The number of pyridine rings is 1. The summed E-state index contributed by atoms with van der Waals surface area (Å²) in [6, 6.07) is 29.2. The first-order chi connectivity index (χ1) is 19.2. The van der Waals surface area contributed by atoms with Crippen molar-refractivity contribution >= 4 is 21.9 Å². The van der Waals surface area contributed by atoms with Gasteiger partial charge in [-0.05, 0) is 59.8 Å². The van der Waals surface area contributed by atoms with Gasteiger partial charge < -0.3 is 4.42 Å². The van der Waals surface area contributed by atoms with Crippen molar-refractivity contribution in [2.24, 2.45) is 7.05 Å². The molecule has 4 heteroatoms. The molecule has 0 unspecified atom stereocenters. The lowest BCUT2D eigenvalue weighted by atomic mass is 9.93. The molecular weight excluding hydrogens is 459 g/mol. The molecule has 2 aromatic heterocycles. The van der Waals surface area contributed by atoms with Crippen LogP contribution in [0.2, 0.25) is 0 Å². The third-order valence-electron chi connectivity index (χ3n) is 6.90. The molecule has 0 saturated carbocycles. The Bertz CT molecular complexity index is 1970. The maximum Gasteiger partial charge on any atom is 0.213 e. The largest absolute Gasteiger partial charge is 0.455 e. The lowest BCUT2D eigenvalue weighted by Crippen LogP contribution is -2.32. The Hall–Kier alpha value is -4.75. The van der Waals surface area contributed by atoms with Gasteiger partial charge in [-0.3, -0.25) is 0 Å². The summed E-state index contributed by atoms with van der Waals surface area (Å²) in [5, 5.41) is 11.6. The molecule has 0 radical (unpaired) electrons. The third-order valence-corrected chi connectivity index (χ3v) is 6.90. The number of benzene rings is 4. The summed E-state index contributed by atoms with van der Waals surface area (Å²) >= 11 is 0. The molecule has 0 aliphatic rings. The molecular formula is C33H24FN2O+. The van der Waals surface area contributed by atoms with Gasteiger partial charge in [-0.2, -0.15) is 9.83 Å². The van der Waals surface area contributed by atoms with Crippen LogP contribution in [0.3, 0.4) is 0 Å². The van der Waals surface area contributed by atoms with Gasteiger partial charge in [0.1, 0.15) is 18.2 Å². The predicted molar refractivity (Wildman–Crippen MR) is 145 cm³/mol. The molecule has 0 atom stereocenters. The molecule has 37 heavy (non-hydrogen) atoms. The standard InChI is InChI=1S/C33H24FN2O/c1-20-9-16-29-32(30(20)28-17-21(2)27(34)19-36(28)3)26-15-14-25(18-35)31(33(26)37-29)24-12-10-23(11-13-24)22-7-5-4-6-8-22/h4-17,19H,1-3H3/q+1/i2D3. The van der Waals surface area contributed by atoms with E-state index in [1.54, 1.807) is 17.7 Å². The molecule has 0 aliphatic heterocycles. The third kappa shape index (κ3) is 3.68. The predicted octanol–water partition coefficient (Wildman–Crippen LogP) is 8.04. The number of halogens is 1. The van der Waals surface area contributed by atoms with Crippen LogP contribution < -0.4 is 4.57 Å². The molecule has 4 aromatic carbocycles. The molecule has 0 fully saturated rings. The Kier molecular flexibility index (Phi) is 4.58. The lowest BCUT2D eigenvalue weighted by Gasteiger charge is -2.09. The van der Waals surface area contributed by atoms with Crippen LogP contribution in [0.4, 0.5) is 4.39 Å². The molecule has 3 nitrogen and oxygen atoms in total. The van der Waals surface area contributed by atoms with Gasteiger partial charge in [-0.15, -0.1) is 0 Å². The highest BCUT2D eigenvalue weighted by Crippen LogP contribution is 2.42. The second kappa shape index (κ2) is 8.72. The number of nitrogens with zero attached hydrogens (tertiary/aromatic N) is 2. The quantitative estimate of drug-likeness (QED) is 0.238. The Balaban J connectivity index is 1.62. The van der Waals surface area contributed by atoms with Crippen molar-refractivity contribution in [3.63, 3.8) is 0 Å². The fourth-order valence-electron chi connectivity index (χ4n) is 5.07. The highest BCUT2D eigenvalue weighted by molar-refractivity contribution is 6.16. The first-order valence-corrected chi connectivity index (χ1v) is 11.9. The van der Waals surface area contributed by atoms with E-state index in [9.17, 15) is 9.65 Å². The van der Waals surface area contributed by atoms with E-state index in [0.29, 0.717) is 28.0 Å². The second-order valence-electron chi connectivity index (χ2n) is 9.18. The summed E-state index contributed by atoms with van der Waals surface area (Å²) < 4.78 is 46.2. The fourth-order valence-corrected chi connectivity index (χ4v) is 5.07. The topological polar surface area (TPSA) is 40.8 Å². The minimum atomic E-state index is -2.60. The molecule has 0 saturated heterocycles. The number of aryl methyl sites for hydroxylation is 3. The fraction of sp³-hybridized carbons (Fsp3) is 0.0909. The zero-order valence-electron chi connectivity index (χ0n) is 23.3. The number of nitriles is 1. The van der Waals surface area contributed by atoms with Gasteiger partial charge in [0, 0.05) is 26.5 Å². The number of hydrogen-bond donors (Lipinski definition) is 0. The van der Waals surface area contributed by atoms with Crippen LogP contribution in [0.15, 0.2) is 95.5 Å². The van der Waals surface area contributed by atoms with E-state index >= 15 is 0 Å². The Morgan fingerprint density at radius 2 is 1.59 bits per heavy atom. The van der Waals surface area contributed by atoms with Crippen molar-refractivity contribution in [1.29, 1.82) is 5.26 Å². The highest BCUT2D eigenvalue weighted by Gasteiger charge is 2.24. The number of furan rings is 1. The molecule has 178 valence electrons. The summed E-state index contributed by atoms with van der Waals surface area (Å²) in [7, 11) is 1.69. The molecule has 6 rings (SSSR count). The molecule has 6 aromatic rings. The SMILES string of the molecule is [2H]C([2H])([2H])c1cc(-c2c(C)ccc3oc4c(-c5ccc(-c6ccccc6)cc5)c(C#N)ccc4c23)[n+](C)cc1F. The normalized spacial score (nSPS) is 12.8. The number of aromatic nitrogens is 1. The van der Waals surface area contributed by atoms with Crippen molar-refractivity contribution in [2.45, 2.75) is 13.8 Å². The minimum absolute atomic E-state index is 0.337. The van der Waals surface area contributed by atoms with E-state index in [-0.39, 0.29) is 5.56 Å². The zero-order valence-corrected chi connectivity index (χ0v) is 20.3. The van der Waals surface area contributed by atoms with E-state index < -0.39 is 12.7 Å². The minimum Gasteiger partial charge on any atom is -0.455 e. The van der Waals surface area contributed by atoms with Crippen LogP contribution in [-0.4, -0.2) is 0 Å². The number of rotatable bonds is 3. The second-order valence-corrected chi connectivity index (χ2v) is 9.18. The van der Waals surface area contributed by atoms with Crippen LogP contribution in [0, 0.1) is 30.9 Å². The van der Waals surface area contributed by atoms with Crippen molar-refractivity contribution < 1.29 is 17.5 Å². The monoisotopic (exact) mass is 486 g/mol. The van der Waals surface area contributed by atoms with Crippen LogP contribution in [-0.2, 0) is 7.05 Å². The Morgan fingerprint density at radius 1 is 0.865 bits per heavy atom. The number of hydrogen-bond acceptors (Lipinski definition) is 2. The van der Waals surface area contributed by atoms with Crippen LogP contribution >= 0.6 is 0 Å². The van der Waals surface area contributed by atoms with E-state index in [2.05, 4.69) is 6.07 Å². The summed E-state index contributed by atoms with van der Waals surface area (Å²) in [6.07, 6.45) is 1.20. The van der Waals surface area contributed by atoms with Crippen molar-refractivity contribution in [2.75, 3.05) is 0 Å². The highest BCUT2D eigenvalue weighted by atomic mass is 19.1. The molecule has 0 aliphatic carbocycles. The molecule has 0 amide bonds. The average Bonchev–Trinajstić information content (AvgIpc) is 3.31. The summed E-state index contributed by atoms with van der Waals surface area (Å²) in [6.45, 7) is -0.674. The van der Waals surface area contributed by atoms with E-state index in [4.69, 9.17) is 8.53 Å². The van der Waals surface area contributed by atoms with Gasteiger partial charge in [-0.1, -0.05) is 60.7 Å². The van der Waals surface area contributed by atoms with E-state index in [0.717, 1.165) is 38.6 Å². The van der Waals surface area contributed by atoms with Gasteiger partial charge in [0.2, 0.25) is 11.9 Å². The van der Waals surface area contributed by atoms with Gasteiger partial charge in [0.15, 0.2) is 5.82 Å². The van der Waals surface area contributed by atoms with Crippen molar-refractivity contribution in [3.05, 3.63) is 114 Å². The number of fused-ring (bicyclic) bond motifs is 3. The molecule has 0 spiro atoms. The van der Waals surface area contributed by atoms with Gasteiger partial charge in [0.05, 0.1) is 17.2 Å². The van der Waals surface area contributed by atoms with Crippen LogP contribution in [0.1, 0.15) is 20.8 Å². The summed E-state index contributed by atoms with van der Waals surface area (Å²) in [4.78, 5) is 0. The lowest BCUT2D eigenvalue weighted by molar-refractivity contribution is -0.661. The van der Waals surface area contributed by atoms with Crippen LogP contribution in [0.25, 0.3) is 55.4 Å². The molecule has 0 N–H and O–H groups in total. The molecule has 2 heterocycles. The van der Waals surface area contributed by atoms with Gasteiger partial charge in [0.25, 0.3) is 0 Å². The van der Waals surface area contributed by atoms with Gasteiger partial charge in [-0.25, -0.2) is 4.39 Å². The van der Waals surface area contributed by atoms with E-state index in [1.807, 2.05) is 79.7 Å². The summed E-state index contributed by atoms with van der Waals surface area (Å²) in [5.41, 5.74) is 7.17. The summed E-state index contributed by atoms with van der Waals surface area (Å²) in [5.74, 6) is -0.784. The van der Waals surface area contributed by atoms with Crippen molar-refractivity contribution in [1.82, 2.24) is 0 Å². The van der Waals surface area contributed by atoms with Crippen molar-refractivity contribution in [3.8, 4) is 39.6 Å². The first-order valence-electron chi connectivity index (χ1n) is 13.4. The molecule has 0 bridgehead atoms.